The second-order valence-corrected chi connectivity index (χ2v) is 6.57. The largest absolute Gasteiger partial charge is 0.490 e. The average Bonchev–Trinajstić information content (AvgIpc) is 2.57. The Hall–Kier alpha value is -2.01. The molecule has 2 N–H and O–H groups in total. The molecule has 0 heterocycles. The van der Waals surface area contributed by atoms with Gasteiger partial charge in [-0.05, 0) is 42.5 Å². The third kappa shape index (κ3) is 6.42. The summed E-state index contributed by atoms with van der Waals surface area (Å²) in [5.74, 6) is 0.683. The predicted molar refractivity (Wildman–Crippen MR) is 103 cm³/mol. The number of benzene rings is 2. The van der Waals surface area contributed by atoms with Crippen LogP contribution in [0.15, 0.2) is 55.1 Å². The Morgan fingerprint density at radius 2 is 1.96 bits per heavy atom. The van der Waals surface area contributed by atoms with Gasteiger partial charge in [-0.15, -0.1) is 0 Å². The standard InChI is InChI=1S/C19H20Cl2N2O2/c1-3-10-25-16-7-4-14(5-8-16)12-23(2)13-19(24)22-18-11-15(20)6-9-17(18)21/h3-9,11H,1,10,12-13H2,2H3,(H,22,24)/p+1. The van der Waals surface area contributed by atoms with Gasteiger partial charge in [-0.1, -0.05) is 35.9 Å². The van der Waals surface area contributed by atoms with E-state index < -0.39 is 0 Å². The molecule has 0 radical (unpaired) electrons. The van der Waals surface area contributed by atoms with Gasteiger partial charge in [-0.2, -0.15) is 0 Å². The monoisotopic (exact) mass is 379 g/mol. The molecule has 0 aliphatic heterocycles. The number of halogens is 2. The van der Waals surface area contributed by atoms with Crippen molar-refractivity contribution in [2.45, 2.75) is 6.54 Å². The van der Waals surface area contributed by atoms with Gasteiger partial charge in [0.15, 0.2) is 6.54 Å². The summed E-state index contributed by atoms with van der Waals surface area (Å²) < 4.78 is 5.45. The van der Waals surface area contributed by atoms with Crippen LogP contribution in [0, 0.1) is 0 Å². The number of hydrogen-bond donors (Lipinski definition) is 2. The lowest BCUT2D eigenvalue weighted by molar-refractivity contribution is -0.885. The highest BCUT2D eigenvalue weighted by Crippen LogP contribution is 2.25. The first kappa shape index (κ1) is 19.3. The van der Waals surface area contributed by atoms with Crippen LogP contribution >= 0.6 is 23.2 Å². The Balaban J connectivity index is 1.86. The third-order valence-electron chi connectivity index (χ3n) is 3.46. The number of carbonyl (C=O) groups excluding carboxylic acids is 1. The summed E-state index contributed by atoms with van der Waals surface area (Å²) >= 11 is 12.0. The molecule has 2 aromatic carbocycles. The van der Waals surface area contributed by atoms with Crippen molar-refractivity contribution >= 4 is 34.8 Å². The third-order valence-corrected chi connectivity index (χ3v) is 4.03. The molecular weight excluding hydrogens is 359 g/mol. The molecule has 1 atom stereocenters. The first-order valence-corrected chi connectivity index (χ1v) is 8.62. The van der Waals surface area contributed by atoms with Crippen molar-refractivity contribution in [3.8, 4) is 5.75 Å². The molecule has 0 bridgehead atoms. The van der Waals surface area contributed by atoms with E-state index in [2.05, 4.69) is 11.9 Å². The molecule has 1 unspecified atom stereocenters. The fourth-order valence-electron chi connectivity index (χ4n) is 2.33. The van der Waals surface area contributed by atoms with Crippen LogP contribution in [-0.4, -0.2) is 26.1 Å². The highest BCUT2D eigenvalue weighted by atomic mass is 35.5. The first-order valence-electron chi connectivity index (χ1n) is 7.86. The fraction of sp³-hybridized carbons (Fsp3) is 0.211. The van der Waals surface area contributed by atoms with Gasteiger partial charge in [0.25, 0.3) is 5.91 Å². The Morgan fingerprint density at radius 1 is 1.24 bits per heavy atom. The summed E-state index contributed by atoms with van der Waals surface area (Å²) in [4.78, 5) is 13.2. The molecule has 2 rings (SSSR count). The Labute approximate surface area is 158 Å². The second-order valence-electron chi connectivity index (χ2n) is 5.73. The zero-order chi connectivity index (χ0) is 18.2. The van der Waals surface area contributed by atoms with Crippen LogP contribution in [0.3, 0.4) is 0 Å². The molecule has 1 amide bonds. The minimum absolute atomic E-state index is 0.118. The van der Waals surface area contributed by atoms with E-state index in [1.807, 2.05) is 31.3 Å². The lowest BCUT2D eigenvalue weighted by atomic mass is 10.2. The maximum absolute atomic E-state index is 12.2. The second kappa shape index (κ2) is 9.47. The van der Waals surface area contributed by atoms with Crippen molar-refractivity contribution in [3.63, 3.8) is 0 Å². The highest BCUT2D eigenvalue weighted by molar-refractivity contribution is 6.35. The number of carbonyl (C=O) groups is 1. The number of ether oxygens (including phenoxy) is 1. The maximum atomic E-state index is 12.2. The number of amides is 1. The van der Waals surface area contributed by atoms with Crippen LogP contribution in [-0.2, 0) is 11.3 Å². The SMILES string of the molecule is C=CCOc1ccc(C[NH+](C)CC(=O)Nc2cc(Cl)ccc2Cl)cc1. The summed E-state index contributed by atoms with van der Waals surface area (Å²) in [6.07, 6.45) is 1.70. The van der Waals surface area contributed by atoms with Gasteiger partial charge >= 0.3 is 0 Å². The Morgan fingerprint density at radius 3 is 2.64 bits per heavy atom. The van der Waals surface area contributed by atoms with Crippen molar-refractivity contribution in [3.05, 3.63) is 70.7 Å². The average molecular weight is 380 g/mol. The topological polar surface area (TPSA) is 42.8 Å². The van der Waals surface area contributed by atoms with Crippen LogP contribution < -0.4 is 15.0 Å². The van der Waals surface area contributed by atoms with Gasteiger partial charge in [0.2, 0.25) is 0 Å². The van der Waals surface area contributed by atoms with Crippen molar-refractivity contribution in [1.29, 1.82) is 0 Å². The lowest BCUT2D eigenvalue weighted by Crippen LogP contribution is -3.08. The minimum atomic E-state index is -0.118. The van der Waals surface area contributed by atoms with Crippen molar-refractivity contribution < 1.29 is 14.4 Å². The van der Waals surface area contributed by atoms with E-state index in [0.29, 0.717) is 28.9 Å². The van der Waals surface area contributed by atoms with Gasteiger partial charge < -0.3 is 15.0 Å². The quantitative estimate of drug-likeness (QED) is 0.691. The first-order chi connectivity index (χ1) is 12.0. The smallest absolute Gasteiger partial charge is 0.279 e. The number of likely N-dealkylation sites (N-methyl/N-ethyl adjacent to an activating group) is 1. The van der Waals surface area contributed by atoms with E-state index in [1.54, 1.807) is 24.3 Å². The fourth-order valence-corrected chi connectivity index (χ4v) is 2.67. The molecule has 0 fully saturated rings. The van der Waals surface area contributed by atoms with Gasteiger partial charge in [0, 0.05) is 10.6 Å². The molecule has 0 saturated heterocycles. The number of nitrogens with one attached hydrogen (secondary N) is 2. The highest BCUT2D eigenvalue weighted by Gasteiger charge is 2.12. The van der Waals surface area contributed by atoms with E-state index in [0.717, 1.165) is 22.8 Å². The summed E-state index contributed by atoms with van der Waals surface area (Å²) in [7, 11) is 1.96. The molecule has 0 aromatic heterocycles. The number of anilines is 1. The predicted octanol–water partition coefficient (Wildman–Crippen LogP) is 3.21. The maximum Gasteiger partial charge on any atom is 0.279 e. The summed E-state index contributed by atoms with van der Waals surface area (Å²) in [6.45, 7) is 5.14. The number of quaternary nitrogens is 1. The lowest BCUT2D eigenvalue weighted by Gasteiger charge is -2.15. The molecule has 0 spiro atoms. The van der Waals surface area contributed by atoms with Crippen LogP contribution in [0.4, 0.5) is 5.69 Å². The van der Waals surface area contributed by atoms with Crippen LogP contribution in [0.25, 0.3) is 0 Å². The van der Waals surface area contributed by atoms with E-state index in [-0.39, 0.29) is 5.91 Å². The zero-order valence-electron chi connectivity index (χ0n) is 14.0. The normalized spacial score (nSPS) is 11.6. The number of rotatable bonds is 8. The molecule has 25 heavy (non-hydrogen) atoms. The van der Waals surface area contributed by atoms with E-state index in [4.69, 9.17) is 27.9 Å². The Bertz CT molecular complexity index is 733. The summed E-state index contributed by atoms with van der Waals surface area (Å²) in [6, 6.07) is 12.8. The summed E-state index contributed by atoms with van der Waals surface area (Å²) in [5, 5.41) is 3.78. The van der Waals surface area contributed by atoms with Crippen molar-refractivity contribution in [1.82, 2.24) is 0 Å². The van der Waals surface area contributed by atoms with Gasteiger partial charge in [0.05, 0.1) is 17.8 Å². The van der Waals surface area contributed by atoms with Gasteiger partial charge in [-0.25, -0.2) is 0 Å². The van der Waals surface area contributed by atoms with Crippen LogP contribution in [0.1, 0.15) is 5.56 Å². The minimum Gasteiger partial charge on any atom is -0.490 e. The molecular formula is C19H21Cl2N2O2+. The van der Waals surface area contributed by atoms with Crippen molar-refractivity contribution in [2.24, 2.45) is 0 Å². The number of hydrogen-bond acceptors (Lipinski definition) is 2. The van der Waals surface area contributed by atoms with E-state index >= 15 is 0 Å². The van der Waals surface area contributed by atoms with Crippen molar-refractivity contribution in [2.75, 3.05) is 25.5 Å². The molecule has 0 aliphatic rings. The Kier molecular flexibility index (Phi) is 7.31. The van der Waals surface area contributed by atoms with Crippen LogP contribution in [0.2, 0.25) is 10.0 Å². The zero-order valence-corrected chi connectivity index (χ0v) is 15.5. The molecule has 6 heteroatoms. The summed E-state index contributed by atoms with van der Waals surface area (Å²) in [5.41, 5.74) is 1.65. The molecule has 0 aliphatic carbocycles. The van der Waals surface area contributed by atoms with E-state index in [9.17, 15) is 4.79 Å². The molecule has 2 aromatic rings. The van der Waals surface area contributed by atoms with E-state index in [1.165, 1.54) is 0 Å². The van der Waals surface area contributed by atoms with Gasteiger partial charge in [-0.3, -0.25) is 4.79 Å². The molecule has 132 valence electrons. The molecule has 4 nitrogen and oxygen atoms in total. The molecule has 0 saturated carbocycles. The van der Waals surface area contributed by atoms with Crippen LogP contribution in [0.5, 0.6) is 5.75 Å². The van der Waals surface area contributed by atoms with Gasteiger partial charge in [0.1, 0.15) is 18.9 Å².